The normalized spacial score (nSPS) is 21.0. The Morgan fingerprint density at radius 1 is 1.30 bits per heavy atom. The predicted molar refractivity (Wildman–Crippen MR) is 87.8 cm³/mol. The topological polar surface area (TPSA) is 46.9 Å². The van der Waals surface area contributed by atoms with Gasteiger partial charge in [-0.1, -0.05) is 6.92 Å². The molecular formula is C18H22FN3O. The molecule has 0 radical (unpaired) electrons. The molecule has 4 nitrogen and oxygen atoms in total. The predicted octanol–water partition coefficient (Wildman–Crippen LogP) is 4.20. The third-order valence-corrected chi connectivity index (χ3v) is 5.53. The van der Waals surface area contributed by atoms with Gasteiger partial charge in [-0.15, -0.1) is 0 Å². The highest BCUT2D eigenvalue weighted by Crippen LogP contribution is 2.48. The number of amides is 1. The maximum absolute atomic E-state index is 13.5. The summed E-state index contributed by atoms with van der Waals surface area (Å²) in [4.78, 5) is 16.9. The molecule has 1 aromatic carbocycles. The average Bonchev–Trinajstić information content (AvgIpc) is 3.05. The minimum Gasteiger partial charge on any atom is -0.304 e. The number of aromatic nitrogens is 2. The van der Waals surface area contributed by atoms with Crippen molar-refractivity contribution in [3.63, 3.8) is 0 Å². The summed E-state index contributed by atoms with van der Waals surface area (Å²) >= 11 is 0. The summed E-state index contributed by atoms with van der Waals surface area (Å²) in [6.45, 7) is 4.32. The van der Waals surface area contributed by atoms with Gasteiger partial charge < -0.3 is 4.57 Å². The van der Waals surface area contributed by atoms with Crippen LogP contribution in [0.15, 0.2) is 18.2 Å². The number of rotatable bonds is 4. The molecule has 1 N–H and O–H groups in total. The van der Waals surface area contributed by atoms with Gasteiger partial charge in [-0.2, -0.15) is 0 Å². The van der Waals surface area contributed by atoms with Crippen molar-refractivity contribution in [2.75, 3.05) is 5.32 Å². The van der Waals surface area contributed by atoms with E-state index in [0.717, 1.165) is 31.2 Å². The van der Waals surface area contributed by atoms with Gasteiger partial charge in [-0.05, 0) is 56.6 Å². The molecule has 2 saturated carbocycles. The molecule has 1 amide bonds. The molecule has 23 heavy (non-hydrogen) atoms. The summed E-state index contributed by atoms with van der Waals surface area (Å²) < 4.78 is 15.6. The number of hydrogen-bond acceptors (Lipinski definition) is 2. The molecule has 2 aliphatic rings. The van der Waals surface area contributed by atoms with Crippen molar-refractivity contribution in [3.05, 3.63) is 24.0 Å². The maximum Gasteiger partial charge on any atom is 0.227 e. The molecule has 1 heterocycles. The van der Waals surface area contributed by atoms with Gasteiger partial charge in [0.05, 0.1) is 11.0 Å². The number of hydrogen-bond donors (Lipinski definition) is 1. The van der Waals surface area contributed by atoms with Crippen LogP contribution in [0.4, 0.5) is 10.3 Å². The van der Waals surface area contributed by atoms with E-state index >= 15 is 0 Å². The number of halogens is 1. The van der Waals surface area contributed by atoms with Crippen LogP contribution >= 0.6 is 0 Å². The molecule has 0 bridgehead atoms. The van der Waals surface area contributed by atoms with Gasteiger partial charge in [0.15, 0.2) is 0 Å². The number of nitrogens with one attached hydrogen (secondary N) is 1. The van der Waals surface area contributed by atoms with Crippen LogP contribution in [0.25, 0.3) is 11.0 Å². The van der Waals surface area contributed by atoms with Crippen molar-refractivity contribution in [2.24, 2.45) is 5.41 Å². The van der Waals surface area contributed by atoms with Crippen molar-refractivity contribution in [3.8, 4) is 0 Å². The van der Waals surface area contributed by atoms with Crippen molar-refractivity contribution in [1.29, 1.82) is 0 Å². The summed E-state index contributed by atoms with van der Waals surface area (Å²) in [5.74, 6) is 0.260. The first-order valence-corrected chi connectivity index (χ1v) is 8.37. The maximum atomic E-state index is 13.5. The van der Waals surface area contributed by atoms with Crippen LogP contribution in [0.1, 0.15) is 52.4 Å². The second-order valence-corrected chi connectivity index (χ2v) is 7.79. The lowest BCUT2D eigenvalue weighted by Gasteiger charge is -2.41. The van der Waals surface area contributed by atoms with Crippen molar-refractivity contribution < 1.29 is 9.18 Å². The molecular weight excluding hydrogens is 293 g/mol. The van der Waals surface area contributed by atoms with E-state index in [0.29, 0.717) is 17.9 Å². The monoisotopic (exact) mass is 315 g/mol. The van der Waals surface area contributed by atoms with E-state index < -0.39 is 0 Å². The summed E-state index contributed by atoms with van der Waals surface area (Å²) in [7, 11) is 0. The molecule has 0 saturated heterocycles. The van der Waals surface area contributed by atoms with Gasteiger partial charge in [0.1, 0.15) is 5.82 Å². The first kappa shape index (κ1) is 14.7. The molecule has 2 aromatic rings. The molecule has 0 aliphatic heterocycles. The average molecular weight is 315 g/mol. The summed E-state index contributed by atoms with van der Waals surface area (Å²) in [6.07, 6.45) is 6.02. The van der Waals surface area contributed by atoms with Crippen LogP contribution in [0.3, 0.4) is 0 Å². The van der Waals surface area contributed by atoms with Gasteiger partial charge in [0, 0.05) is 18.0 Å². The van der Waals surface area contributed by atoms with E-state index in [2.05, 4.69) is 28.7 Å². The van der Waals surface area contributed by atoms with E-state index in [-0.39, 0.29) is 22.7 Å². The molecule has 2 aliphatic carbocycles. The minimum absolute atomic E-state index is 0.00458. The van der Waals surface area contributed by atoms with Crippen molar-refractivity contribution in [2.45, 2.75) is 57.9 Å². The zero-order valence-electron chi connectivity index (χ0n) is 13.7. The first-order chi connectivity index (χ1) is 10.9. The molecule has 0 unspecified atom stereocenters. The fourth-order valence-electron chi connectivity index (χ4n) is 3.54. The highest BCUT2D eigenvalue weighted by atomic mass is 19.1. The van der Waals surface area contributed by atoms with E-state index in [1.165, 1.54) is 18.6 Å². The molecule has 0 atom stereocenters. The van der Waals surface area contributed by atoms with Gasteiger partial charge in [0.2, 0.25) is 11.9 Å². The lowest BCUT2D eigenvalue weighted by molar-refractivity contribution is -0.117. The third kappa shape index (κ3) is 2.52. The lowest BCUT2D eigenvalue weighted by atomic mass is 9.78. The molecule has 4 rings (SSSR count). The second-order valence-electron chi connectivity index (χ2n) is 7.79. The fraction of sp³-hybridized carbons (Fsp3) is 0.556. The van der Waals surface area contributed by atoms with E-state index in [4.69, 9.17) is 0 Å². The number of benzene rings is 1. The van der Waals surface area contributed by atoms with Crippen LogP contribution in [0.2, 0.25) is 0 Å². The zero-order valence-corrected chi connectivity index (χ0v) is 13.7. The fourth-order valence-corrected chi connectivity index (χ4v) is 3.54. The number of carbonyl (C=O) groups is 1. The first-order valence-electron chi connectivity index (χ1n) is 8.37. The minimum atomic E-state index is -0.302. The van der Waals surface area contributed by atoms with Crippen LogP contribution in [-0.2, 0) is 10.3 Å². The molecule has 5 heteroatoms. The Morgan fingerprint density at radius 2 is 2.04 bits per heavy atom. The SMILES string of the molecule is CC1(CC(=O)Nc2nc3cc(F)ccc3n2C2(C)CCC2)CC1. The van der Waals surface area contributed by atoms with Crippen LogP contribution < -0.4 is 5.32 Å². The van der Waals surface area contributed by atoms with Crippen molar-refractivity contribution >= 4 is 22.9 Å². The Kier molecular flexibility index (Phi) is 3.06. The molecule has 2 fully saturated rings. The van der Waals surface area contributed by atoms with Crippen molar-refractivity contribution in [1.82, 2.24) is 9.55 Å². The van der Waals surface area contributed by atoms with Crippen LogP contribution in [0, 0.1) is 11.2 Å². The Bertz CT molecular complexity index is 787. The number of nitrogens with zero attached hydrogens (tertiary/aromatic N) is 2. The number of anilines is 1. The number of carbonyl (C=O) groups excluding carboxylic acids is 1. The van der Waals surface area contributed by atoms with Crippen LogP contribution in [-0.4, -0.2) is 15.5 Å². The Hall–Kier alpha value is -1.91. The largest absolute Gasteiger partial charge is 0.304 e. The molecule has 1 aromatic heterocycles. The lowest BCUT2D eigenvalue weighted by Crippen LogP contribution is -2.38. The number of imidazole rings is 1. The van der Waals surface area contributed by atoms with Gasteiger partial charge >= 0.3 is 0 Å². The highest BCUT2D eigenvalue weighted by Gasteiger charge is 2.40. The zero-order chi connectivity index (χ0) is 16.2. The summed E-state index contributed by atoms with van der Waals surface area (Å²) in [5.41, 5.74) is 1.61. The Balaban J connectivity index is 1.72. The van der Waals surface area contributed by atoms with Crippen LogP contribution in [0.5, 0.6) is 0 Å². The van der Waals surface area contributed by atoms with E-state index in [1.54, 1.807) is 6.07 Å². The smallest absolute Gasteiger partial charge is 0.227 e. The van der Waals surface area contributed by atoms with E-state index in [1.807, 2.05) is 0 Å². The van der Waals surface area contributed by atoms with Gasteiger partial charge in [0.25, 0.3) is 0 Å². The molecule has 122 valence electrons. The third-order valence-electron chi connectivity index (χ3n) is 5.53. The standard InChI is InChI=1S/C18H22FN3O/c1-17(8-9-17)11-15(23)21-16-20-13-10-12(19)4-5-14(13)22(16)18(2)6-3-7-18/h4-5,10H,3,6-9,11H2,1-2H3,(H,20,21,23). The van der Waals surface area contributed by atoms with E-state index in [9.17, 15) is 9.18 Å². The summed E-state index contributed by atoms with van der Waals surface area (Å²) in [5, 5.41) is 2.98. The highest BCUT2D eigenvalue weighted by molar-refractivity contribution is 5.92. The van der Waals surface area contributed by atoms with Gasteiger partial charge in [-0.3, -0.25) is 10.1 Å². The van der Waals surface area contributed by atoms with Gasteiger partial charge in [-0.25, -0.2) is 9.37 Å². The number of fused-ring (bicyclic) bond motifs is 1. The Labute approximate surface area is 135 Å². The second kappa shape index (κ2) is 4.79. The Morgan fingerprint density at radius 3 is 2.65 bits per heavy atom. The summed E-state index contributed by atoms with van der Waals surface area (Å²) in [6, 6.07) is 4.66. The quantitative estimate of drug-likeness (QED) is 0.919. The molecule has 0 spiro atoms.